The number of ketones is 1. The number of Topliss-reactive ketones (excluding diaryl/α,β-unsaturated/α-hetero) is 1. The molecule has 4 rings (SSSR count). The van der Waals surface area contributed by atoms with E-state index in [0.717, 1.165) is 15.9 Å². The Hall–Kier alpha value is -6.04. The summed E-state index contributed by atoms with van der Waals surface area (Å²) >= 11 is 0. The number of benzene rings is 1. The predicted octanol–water partition coefficient (Wildman–Crippen LogP) is 5.73. The van der Waals surface area contributed by atoms with E-state index in [-0.39, 0.29) is 47.3 Å². The maximum atomic E-state index is 13.2. The molecule has 52 heavy (non-hydrogen) atoms. The number of ether oxygens (including phenoxy) is 2. The highest BCUT2D eigenvalue weighted by Crippen LogP contribution is 2.30. The van der Waals surface area contributed by atoms with Crippen molar-refractivity contribution in [1.82, 2.24) is 34.6 Å². The Morgan fingerprint density at radius 1 is 0.904 bits per heavy atom. The number of nitrogens with zero attached hydrogens (tertiary/aromatic N) is 7. The molecule has 0 radical (unpaired) electrons. The number of nitrogens with one attached hydrogen (secondary N) is 2. The van der Waals surface area contributed by atoms with Gasteiger partial charge in [0, 0.05) is 50.6 Å². The monoisotopic (exact) mass is 711 g/mol. The fourth-order valence-corrected chi connectivity index (χ4v) is 4.81. The van der Waals surface area contributed by atoms with Crippen molar-refractivity contribution in [2.24, 2.45) is 7.05 Å². The first-order chi connectivity index (χ1) is 24.2. The first-order valence-electron chi connectivity index (χ1n) is 16.5. The molecule has 0 saturated heterocycles. The predicted molar refractivity (Wildman–Crippen MR) is 196 cm³/mol. The van der Waals surface area contributed by atoms with E-state index in [1.807, 2.05) is 25.2 Å². The minimum absolute atomic E-state index is 0.0514. The fraction of sp³-hybridized carbons (Fsp3) is 0.405. The number of hydrogen-bond donors (Lipinski definition) is 2. The van der Waals surface area contributed by atoms with Gasteiger partial charge in [-0.25, -0.2) is 29.5 Å². The first kappa shape index (κ1) is 38.8. The van der Waals surface area contributed by atoms with Gasteiger partial charge < -0.3 is 19.7 Å². The van der Waals surface area contributed by atoms with Gasteiger partial charge in [0.15, 0.2) is 11.6 Å². The van der Waals surface area contributed by atoms with Gasteiger partial charge in [-0.2, -0.15) is 5.10 Å². The number of carbonyl (C=O) groups is 4. The highest BCUT2D eigenvalue weighted by molar-refractivity contribution is 6.04. The number of aromatic nitrogens is 5. The number of hydrazine groups is 1. The zero-order chi connectivity index (χ0) is 38.5. The lowest BCUT2D eigenvalue weighted by atomic mass is 10.0. The van der Waals surface area contributed by atoms with E-state index in [1.165, 1.54) is 18.9 Å². The molecule has 2 N–H and O–H groups in total. The third-order valence-corrected chi connectivity index (χ3v) is 7.14. The minimum Gasteiger partial charge on any atom is -0.444 e. The standard InChI is InChI=1S/C37H45N9O6/c1-22(47)31-32(39-23(2)40-33(31)43-46(11)35(50)52-37(6,7)8)25-19-27(14-12-24-13-15-28-26(18-24)21-38-45(28)10)41-29(20-25)42-30(48)16-17-44(9)34(49)51-36(3,4)5/h13,15,18-21H,16-17H2,1-11H3,(H,39,40,43)(H,41,42,48). The van der Waals surface area contributed by atoms with E-state index >= 15 is 0 Å². The van der Waals surface area contributed by atoms with Crippen LogP contribution >= 0.6 is 0 Å². The lowest BCUT2D eigenvalue weighted by molar-refractivity contribution is -0.116. The Labute approximate surface area is 303 Å². The van der Waals surface area contributed by atoms with Gasteiger partial charge >= 0.3 is 12.2 Å². The van der Waals surface area contributed by atoms with Crippen molar-refractivity contribution in [2.75, 3.05) is 31.4 Å². The van der Waals surface area contributed by atoms with Crippen molar-refractivity contribution in [1.29, 1.82) is 0 Å². The van der Waals surface area contributed by atoms with E-state index in [2.05, 4.69) is 42.6 Å². The summed E-state index contributed by atoms with van der Waals surface area (Å²) in [7, 11) is 4.85. The third kappa shape index (κ3) is 10.5. The second kappa shape index (κ2) is 15.5. The number of hydrogen-bond acceptors (Lipinski definition) is 11. The van der Waals surface area contributed by atoms with Gasteiger partial charge in [-0.1, -0.05) is 5.92 Å². The van der Waals surface area contributed by atoms with Crippen LogP contribution in [0, 0.1) is 18.8 Å². The Kier molecular flexibility index (Phi) is 11.5. The van der Waals surface area contributed by atoms with Crippen LogP contribution in [-0.2, 0) is 21.3 Å². The molecule has 274 valence electrons. The largest absolute Gasteiger partial charge is 0.444 e. The van der Waals surface area contributed by atoms with Crippen molar-refractivity contribution in [3.05, 3.63) is 59.2 Å². The molecule has 0 bridgehead atoms. The van der Waals surface area contributed by atoms with E-state index in [9.17, 15) is 19.2 Å². The summed E-state index contributed by atoms with van der Waals surface area (Å²) in [6, 6.07) is 8.91. The van der Waals surface area contributed by atoms with Gasteiger partial charge in [0.1, 0.15) is 28.5 Å². The Morgan fingerprint density at radius 2 is 1.58 bits per heavy atom. The molecule has 0 saturated carbocycles. The van der Waals surface area contributed by atoms with Crippen molar-refractivity contribution in [3.8, 4) is 23.1 Å². The van der Waals surface area contributed by atoms with Gasteiger partial charge in [0.2, 0.25) is 5.91 Å². The number of aryl methyl sites for hydroxylation is 2. The molecule has 15 heteroatoms. The summed E-state index contributed by atoms with van der Waals surface area (Å²) < 4.78 is 12.6. The molecule has 3 heterocycles. The van der Waals surface area contributed by atoms with E-state index in [1.54, 1.807) is 78.5 Å². The number of anilines is 2. The molecular weight excluding hydrogens is 666 g/mol. The molecule has 15 nitrogen and oxygen atoms in total. The lowest BCUT2D eigenvalue weighted by Gasteiger charge is -2.26. The van der Waals surface area contributed by atoms with Crippen LogP contribution in [0.1, 0.15) is 82.3 Å². The molecule has 0 aliphatic heterocycles. The molecule has 4 aromatic rings. The lowest BCUT2D eigenvalue weighted by Crippen LogP contribution is -2.38. The highest BCUT2D eigenvalue weighted by atomic mass is 16.6. The van der Waals surface area contributed by atoms with Crippen LogP contribution in [0.2, 0.25) is 0 Å². The Morgan fingerprint density at radius 3 is 2.23 bits per heavy atom. The van der Waals surface area contributed by atoms with Gasteiger partial charge in [0.25, 0.3) is 0 Å². The average Bonchev–Trinajstić information content (AvgIpc) is 3.39. The van der Waals surface area contributed by atoms with Crippen LogP contribution < -0.4 is 10.7 Å². The average molecular weight is 712 g/mol. The van der Waals surface area contributed by atoms with Crippen LogP contribution in [0.5, 0.6) is 0 Å². The molecule has 1 aromatic carbocycles. The Balaban J connectivity index is 1.74. The number of carbonyl (C=O) groups excluding carboxylic acids is 4. The van der Waals surface area contributed by atoms with Gasteiger partial charge in [0.05, 0.1) is 23.0 Å². The maximum Gasteiger partial charge on any atom is 0.428 e. The number of amides is 3. The van der Waals surface area contributed by atoms with Crippen molar-refractivity contribution in [2.45, 2.75) is 73.0 Å². The zero-order valence-corrected chi connectivity index (χ0v) is 31.5. The summed E-state index contributed by atoms with van der Waals surface area (Å²) in [5.41, 5.74) is 4.08. The van der Waals surface area contributed by atoms with Crippen LogP contribution in [0.15, 0.2) is 36.5 Å². The second-order valence-corrected chi connectivity index (χ2v) is 14.2. The van der Waals surface area contributed by atoms with Gasteiger partial charge in [-0.15, -0.1) is 0 Å². The molecule has 0 atom stereocenters. The quantitative estimate of drug-likeness (QED) is 0.130. The maximum absolute atomic E-state index is 13.2. The summed E-state index contributed by atoms with van der Waals surface area (Å²) in [6.07, 6.45) is 0.456. The van der Waals surface area contributed by atoms with Crippen LogP contribution in [0.3, 0.4) is 0 Å². The molecule has 0 aliphatic rings. The molecule has 0 unspecified atom stereocenters. The van der Waals surface area contributed by atoms with Gasteiger partial charge in [-0.05, 0) is 91.6 Å². The number of pyridine rings is 1. The molecule has 0 fully saturated rings. The fourth-order valence-electron chi connectivity index (χ4n) is 4.81. The first-order valence-corrected chi connectivity index (χ1v) is 16.5. The zero-order valence-electron chi connectivity index (χ0n) is 31.5. The smallest absolute Gasteiger partial charge is 0.428 e. The van der Waals surface area contributed by atoms with Crippen molar-refractivity contribution >= 4 is 46.4 Å². The molecule has 3 aromatic heterocycles. The van der Waals surface area contributed by atoms with Crippen LogP contribution in [0.4, 0.5) is 21.2 Å². The SMILES string of the molecule is CC(=O)c1c(NN(C)C(=O)OC(C)(C)C)nc(C)nc1-c1cc(C#Cc2ccc3c(cnn3C)c2)nc(NC(=O)CCN(C)C(=O)OC(C)(C)C)c1. The van der Waals surface area contributed by atoms with Gasteiger partial charge in [-0.3, -0.25) is 19.7 Å². The third-order valence-electron chi connectivity index (χ3n) is 7.14. The van der Waals surface area contributed by atoms with Crippen molar-refractivity contribution in [3.63, 3.8) is 0 Å². The van der Waals surface area contributed by atoms with E-state index < -0.39 is 29.3 Å². The highest BCUT2D eigenvalue weighted by Gasteiger charge is 2.25. The minimum atomic E-state index is -0.757. The summed E-state index contributed by atoms with van der Waals surface area (Å²) in [6.45, 7) is 13.6. The summed E-state index contributed by atoms with van der Waals surface area (Å²) in [5.74, 6) is 5.89. The van der Waals surface area contributed by atoms with Crippen LogP contribution in [0.25, 0.3) is 22.2 Å². The molecular formula is C37H45N9O6. The summed E-state index contributed by atoms with van der Waals surface area (Å²) in [4.78, 5) is 66.4. The molecule has 3 amide bonds. The van der Waals surface area contributed by atoms with Crippen LogP contribution in [-0.4, -0.2) is 90.4 Å². The topological polar surface area (TPSA) is 174 Å². The number of rotatable bonds is 8. The second-order valence-electron chi connectivity index (χ2n) is 14.2. The Bertz CT molecular complexity index is 2080. The van der Waals surface area contributed by atoms with E-state index in [4.69, 9.17) is 9.47 Å². The van der Waals surface area contributed by atoms with E-state index in [0.29, 0.717) is 17.0 Å². The normalized spacial score (nSPS) is 11.3. The van der Waals surface area contributed by atoms with Crippen molar-refractivity contribution < 1.29 is 28.7 Å². The molecule has 0 aliphatic carbocycles. The molecule has 0 spiro atoms. The summed E-state index contributed by atoms with van der Waals surface area (Å²) in [5, 5.41) is 9.07. The number of fused-ring (bicyclic) bond motifs is 1.